The molecule has 1 aromatic carbocycles. The van der Waals surface area contributed by atoms with Gasteiger partial charge in [-0.1, -0.05) is 24.3 Å². The zero-order valence-electron chi connectivity index (χ0n) is 19.2. The monoisotopic (exact) mass is 426 g/mol. The third kappa shape index (κ3) is 5.39. The summed E-state index contributed by atoms with van der Waals surface area (Å²) < 4.78 is 0. The Morgan fingerprint density at radius 2 is 1.71 bits per heavy atom. The van der Waals surface area contributed by atoms with Crippen LogP contribution in [0.2, 0.25) is 0 Å². The van der Waals surface area contributed by atoms with Crippen LogP contribution in [0.5, 0.6) is 0 Å². The van der Waals surface area contributed by atoms with E-state index in [-0.39, 0.29) is 6.04 Å². The third-order valence-electron chi connectivity index (χ3n) is 7.07. The van der Waals surface area contributed by atoms with Crippen molar-refractivity contribution in [2.24, 2.45) is 4.99 Å². The highest BCUT2D eigenvalue weighted by molar-refractivity contribution is 5.82. The molecule has 1 atom stereocenters. The second kappa shape index (κ2) is 10.5. The molecule has 7 nitrogen and oxygen atoms in total. The molecule has 0 bridgehead atoms. The highest BCUT2D eigenvalue weighted by atomic mass is 16.2. The number of piperazine rings is 1. The van der Waals surface area contributed by atoms with Crippen molar-refractivity contribution in [3.05, 3.63) is 35.4 Å². The third-order valence-corrected chi connectivity index (χ3v) is 7.07. The van der Waals surface area contributed by atoms with Crippen molar-refractivity contribution in [1.29, 1.82) is 0 Å². The van der Waals surface area contributed by atoms with Crippen molar-refractivity contribution in [2.75, 3.05) is 66.0 Å². The van der Waals surface area contributed by atoms with Gasteiger partial charge in [-0.15, -0.1) is 0 Å². The van der Waals surface area contributed by atoms with Gasteiger partial charge in [0, 0.05) is 72.5 Å². The quantitative estimate of drug-likeness (QED) is 0.567. The van der Waals surface area contributed by atoms with E-state index in [2.05, 4.69) is 56.2 Å². The van der Waals surface area contributed by atoms with Gasteiger partial charge in [-0.05, 0) is 37.3 Å². The van der Waals surface area contributed by atoms with Crippen molar-refractivity contribution >= 4 is 11.9 Å². The Kier molecular flexibility index (Phi) is 7.45. The molecule has 31 heavy (non-hydrogen) atoms. The van der Waals surface area contributed by atoms with Crippen LogP contribution >= 0.6 is 0 Å². The topological polar surface area (TPSA) is 54.4 Å². The molecule has 1 N–H and O–H groups in total. The van der Waals surface area contributed by atoms with Crippen molar-refractivity contribution in [2.45, 2.75) is 38.8 Å². The first-order valence-electron chi connectivity index (χ1n) is 11.9. The predicted octanol–water partition coefficient (Wildman–Crippen LogP) is 1.25. The number of fused-ring (bicyclic) bond motifs is 1. The van der Waals surface area contributed by atoms with Crippen LogP contribution < -0.4 is 5.32 Å². The van der Waals surface area contributed by atoms with Gasteiger partial charge in [-0.3, -0.25) is 19.6 Å². The Morgan fingerprint density at radius 1 is 1.00 bits per heavy atom. The average Bonchev–Trinajstić information content (AvgIpc) is 3.36. The van der Waals surface area contributed by atoms with Crippen LogP contribution in [0.4, 0.5) is 0 Å². The number of amides is 1. The summed E-state index contributed by atoms with van der Waals surface area (Å²) in [4.78, 5) is 26.4. The largest absolute Gasteiger partial charge is 0.355 e. The number of guanidine groups is 1. The maximum Gasteiger partial charge on any atom is 0.239 e. The molecule has 1 unspecified atom stereocenters. The minimum Gasteiger partial charge on any atom is -0.355 e. The van der Waals surface area contributed by atoms with E-state index >= 15 is 0 Å². The highest BCUT2D eigenvalue weighted by Gasteiger charge is 2.30. The van der Waals surface area contributed by atoms with Gasteiger partial charge in [-0.25, -0.2) is 0 Å². The number of nitrogens with one attached hydrogen (secondary N) is 1. The zero-order chi connectivity index (χ0) is 21.6. The Bertz CT molecular complexity index is 767. The summed E-state index contributed by atoms with van der Waals surface area (Å²) in [5.41, 5.74) is 2.96. The molecule has 7 heteroatoms. The minimum atomic E-state index is -0.0165. The summed E-state index contributed by atoms with van der Waals surface area (Å²) >= 11 is 0. The standard InChI is InChI=1S/C24H38N6O/c1-20(23(31)29-11-5-6-12-29)28-15-17-30(18-16-28)24(25-2)26-10-14-27-13-9-21-7-3-4-8-22(21)19-27/h3-4,7-8,20H,5-6,9-19H2,1-2H3,(H,25,26). The number of rotatable bonds is 5. The lowest BCUT2D eigenvalue weighted by atomic mass is 10.00. The summed E-state index contributed by atoms with van der Waals surface area (Å²) in [7, 11) is 1.87. The average molecular weight is 427 g/mol. The summed E-state index contributed by atoms with van der Waals surface area (Å²) in [6, 6.07) is 8.77. The molecule has 3 aliphatic heterocycles. The molecule has 0 aromatic heterocycles. The highest BCUT2D eigenvalue weighted by Crippen LogP contribution is 2.18. The van der Waals surface area contributed by atoms with E-state index in [0.717, 1.165) is 90.7 Å². The van der Waals surface area contributed by atoms with Crippen LogP contribution in [0, 0.1) is 0 Å². The fraction of sp³-hybridized carbons (Fsp3) is 0.667. The Balaban J connectivity index is 1.19. The lowest BCUT2D eigenvalue weighted by Crippen LogP contribution is -2.57. The van der Waals surface area contributed by atoms with Crippen LogP contribution in [0.25, 0.3) is 0 Å². The van der Waals surface area contributed by atoms with Gasteiger partial charge < -0.3 is 15.1 Å². The zero-order valence-corrected chi connectivity index (χ0v) is 19.2. The van der Waals surface area contributed by atoms with Gasteiger partial charge in [0.1, 0.15) is 0 Å². The van der Waals surface area contributed by atoms with Crippen molar-refractivity contribution in [3.63, 3.8) is 0 Å². The number of hydrogen-bond donors (Lipinski definition) is 1. The van der Waals surface area contributed by atoms with Crippen LogP contribution in [0.15, 0.2) is 29.3 Å². The number of nitrogens with zero attached hydrogens (tertiary/aromatic N) is 5. The molecule has 170 valence electrons. The second-order valence-corrected chi connectivity index (χ2v) is 9.00. The van der Waals surface area contributed by atoms with Gasteiger partial charge in [0.25, 0.3) is 0 Å². The van der Waals surface area contributed by atoms with E-state index in [9.17, 15) is 4.79 Å². The van der Waals surface area contributed by atoms with Crippen molar-refractivity contribution < 1.29 is 4.79 Å². The number of likely N-dealkylation sites (tertiary alicyclic amines) is 1. The Morgan fingerprint density at radius 3 is 2.42 bits per heavy atom. The van der Waals surface area contributed by atoms with Gasteiger partial charge in [-0.2, -0.15) is 0 Å². The molecule has 0 spiro atoms. The fourth-order valence-electron chi connectivity index (χ4n) is 5.08. The number of benzene rings is 1. The van der Waals surface area contributed by atoms with Gasteiger partial charge >= 0.3 is 0 Å². The minimum absolute atomic E-state index is 0.0165. The molecule has 1 aromatic rings. The first kappa shape index (κ1) is 22.1. The number of hydrogen-bond acceptors (Lipinski definition) is 4. The van der Waals surface area contributed by atoms with Gasteiger partial charge in [0.2, 0.25) is 5.91 Å². The summed E-state index contributed by atoms with van der Waals surface area (Å²) in [5.74, 6) is 1.28. The smallest absolute Gasteiger partial charge is 0.239 e. The van der Waals surface area contributed by atoms with E-state index in [1.165, 1.54) is 11.1 Å². The second-order valence-electron chi connectivity index (χ2n) is 9.00. The lowest BCUT2D eigenvalue weighted by molar-refractivity contribution is -0.135. The van der Waals surface area contributed by atoms with Crippen molar-refractivity contribution in [1.82, 2.24) is 24.9 Å². The predicted molar refractivity (Wildman–Crippen MR) is 125 cm³/mol. The normalized spacial score (nSPS) is 21.8. The molecule has 4 rings (SSSR count). The fourth-order valence-corrected chi connectivity index (χ4v) is 5.08. The molecule has 1 amide bonds. The van der Waals surface area contributed by atoms with Crippen molar-refractivity contribution in [3.8, 4) is 0 Å². The lowest BCUT2D eigenvalue weighted by Gasteiger charge is -2.39. The van der Waals surface area contributed by atoms with Crippen LogP contribution in [-0.2, 0) is 17.8 Å². The molecule has 2 saturated heterocycles. The molecule has 0 aliphatic carbocycles. The van der Waals surface area contributed by atoms with E-state index in [1.54, 1.807) is 0 Å². The van der Waals surface area contributed by atoms with Gasteiger partial charge in [0.15, 0.2) is 5.96 Å². The number of carbonyl (C=O) groups excluding carboxylic acids is 1. The van der Waals surface area contributed by atoms with E-state index in [0.29, 0.717) is 5.91 Å². The maximum absolute atomic E-state index is 12.7. The van der Waals surface area contributed by atoms with E-state index in [4.69, 9.17) is 0 Å². The Labute approximate surface area is 187 Å². The summed E-state index contributed by atoms with van der Waals surface area (Å²) in [6.07, 6.45) is 3.44. The number of carbonyl (C=O) groups is 1. The molecular weight excluding hydrogens is 388 g/mol. The number of aliphatic imine (C=N–C) groups is 1. The van der Waals surface area contributed by atoms with E-state index in [1.807, 2.05) is 11.9 Å². The summed E-state index contributed by atoms with van der Waals surface area (Å²) in [5, 5.41) is 3.56. The van der Waals surface area contributed by atoms with Crippen LogP contribution in [-0.4, -0.2) is 103 Å². The first-order chi connectivity index (χ1) is 15.2. The van der Waals surface area contributed by atoms with Crippen LogP contribution in [0.3, 0.4) is 0 Å². The molecule has 3 heterocycles. The van der Waals surface area contributed by atoms with Gasteiger partial charge in [0.05, 0.1) is 6.04 Å². The molecule has 2 fully saturated rings. The molecular formula is C24H38N6O. The van der Waals surface area contributed by atoms with E-state index < -0.39 is 0 Å². The Hall–Kier alpha value is -2.12. The molecule has 0 radical (unpaired) electrons. The maximum atomic E-state index is 12.7. The molecule has 3 aliphatic rings. The molecule has 0 saturated carbocycles. The first-order valence-corrected chi connectivity index (χ1v) is 11.9. The summed E-state index contributed by atoms with van der Waals surface area (Å²) in [6.45, 7) is 11.7. The SMILES string of the molecule is CN=C(NCCN1CCc2ccccc2C1)N1CCN(C(C)C(=O)N2CCCC2)CC1. The van der Waals surface area contributed by atoms with Crippen LogP contribution in [0.1, 0.15) is 30.9 Å².